The van der Waals surface area contributed by atoms with Crippen LogP contribution in [0.1, 0.15) is 25.7 Å². The summed E-state index contributed by atoms with van der Waals surface area (Å²) in [5, 5.41) is 4.43. The molecule has 0 bridgehead atoms. The number of para-hydroxylation sites is 1. The molecule has 1 aromatic carbocycles. The summed E-state index contributed by atoms with van der Waals surface area (Å²) < 4.78 is 26.6. The average Bonchev–Trinajstić information content (AvgIpc) is 3.23. The van der Waals surface area contributed by atoms with Gasteiger partial charge in [-0.2, -0.15) is 5.10 Å². The quantitative estimate of drug-likeness (QED) is 0.571. The van der Waals surface area contributed by atoms with Gasteiger partial charge in [-0.05, 0) is 43.7 Å². The maximum absolute atomic E-state index is 14.1. The van der Waals surface area contributed by atoms with E-state index in [1.807, 2.05) is 0 Å². The van der Waals surface area contributed by atoms with Crippen LogP contribution in [-0.2, 0) is 4.74 Å². The number of benzene rings is 1. The van der Waals surface area contributed by atoms with Crippen LogP contribution in [0, 0.1) is 11.7 Å². The Labute approximate surface area is 183 Å². The van der Waals surface area contributed by atoms with Crippen molar-refractivity contribution in [3.05, 3.63) is 54.0 Å². The molecular weight excluding hydrogens is 425 g/mol. The molecule has 1 aliphatic carbocycles. The molecule has 2 N–H and O–H groups in total. The SMILES string of the molecule is NC(=O)OC1CCC(COc2c(Cl)ncnc2-c2cnn(-c3ccccc3F)c2)CC1. The van der Waals surface area contributed by atoms with E-state index in [9.17, 15) is 9.18 Å². The first-order chi connectivity index (χ1) is 15.0. The molecule has 162 valence electrons. The van der Waals surface area contributed by atoms with Crippen LogP contribution in [0.5, 0.6) is 5.75 Å². The van der Waals surface area contributed by atoms with Crippen molar-refractivity contribution in [1.82, 2.24) is 19.7 Å². The van der Waals surface area contributed by atoms with Gasteiger partial charge in [-0.3, -0.25) is 0 Å². The van der Waals surface area contributed by atoms with Crippen molar-refractivity contribution in [2.45, 2.75) is 31.8 Å². The van der Waals surface area contributed by atoms with Gasteiger partial charge in [0.15, 0.2) is 10.9 Å². The number of halogens is 2. The summed E-state index contributed by atoms with van der Waals surface area (Å²) >= 11 is 6.29. The second kappa shape index (κ2) is 9.30. The van der Waals surface area contributed by atoms with Gasteiger partial charge >= 0.3 is 6.09 Å². The van der Waals surface area contributed by atoms with Gasteiger partial charge in [-0.25, -0.2) is 23.8 Å². The molecule has 1 fully saturated rings. The van der Waals surface area contributed by atoms with Crippen molar-refractivity contribution < 1.29 is 18.7 Å². The number of carbonyl (C=O) groups is 1. The lowest BCUT2D eigenvalue weighted by Gasteiger charge is -2.27. The van der Waals surface area contributed by atoms with E-state index in [1.165, 1.54) is 17.1 Å². The zero-order valence-electron chi connectivity index (χ0n) is 16.6. The van der Waals surface area contributed by atoms with Crippen LogP contribution in [0.15, 0.2) is 43.0 Å². The number of carbonyl (C=O) groups excluding carboxylic acids is 1. The third-order valence-corrected chi connectivity index (χ3v) is 5.52. The topological polar surface area (TPSA) is 105 Å². The molecule has 0 aliphatic heterocycles. The Morgan fingerprint density at radius 3 is 2.74 bits per heavy atom. The number of nitrogens with zero attached hydrogens (tertiary/aromatic N) is 4. The van der Waals surface area contributed by atoms with Crippen molar-refractivity contribution in [3.63, 3.8) is 0 Å². The Morgan fingerprint density at radius 2 is 2.00 bits per heavy atom. The Bertz CT molecular complexity index is 1070. The van der Waals surface area contributed by atoms with Gasteiger partial charge in [0.05, 0.1) is 12.8 Å². The van der Waals surface area contributed by atoms with E-state index in [2.05, 4.69) is 15.1 Å². The van der Waals surface area contributed by atoms with Gasteiger partial charge in [0.1, 0.15) is 29.6 Å². The van der Waals surface area contributed by atoms with Crippen LogP contribution < -0.4 is 10.5 Å². The Hall–Kier alpha value is -3.20. The summed E-state index contributed by atoms with van der Waals surface area (Å²) in [6, 6.07) is 6.36. The minimum Gasteiger partial charge on any atom is -0.488 e. The molecule has 1 saturated carbocycles. The largest absolute Gasteiger partial charge is 0.488 e. The second-order valence-electron chi connectivity index (χ2n) is 7.36. The van der Waals surface area contributed by atoms with Crippen LogP contribution in [0.3, 0.4) is 0 Å². The maximum atomic E-state index is 14.1. The fourth-order valence-corrected chi connectivity index (χ4v) is 3.87. The van der Waals surface area contributed by atoms with Crippen LogP contribution in [-0.4, -0.2) is 38.6 Å². The Morgan fingerprint density at radius 1 is 1.23 bits per heavy atom. The molecule has 8 nitrogen and oxygen atoms in total. The van der Waals surface area contributed by atoms with Gasteiger partial charge in [0.25, 0.3) is 0 Å². The minimum absolute atomic E-state index is 0.142. The molecule has 0 unspecified atom stereocenters. The van der Waals surface area contributed by atoms with Crippen LogP contribution >= 0.6 is 11.6 Å². The number of hydrogen-bond acceptors (Lipinski definition) is 6. The lowest BCUT2D eigenvalue weighted by Crippen LogP contribution is -2.29. The summed E-state index contributed by atoms with van der Waals surface area (Å²) in [4.78, 5) is 19.2. The summed E-state index contributed by atoms with van der Waals surface area (Å²) in [6.45, 7) is 0.421. The molecule has 1 aliphatic rings. The van der Waals surface area contributed by atoms with Gasteiger partial charge in [-0.15, -0.1) is 0 Å². The Balaban J connectivity index is 1.48. The normalized spacial score (nSPS) is 18.5. The third kappa shape index (κ3) is 4.93. The van der Waals surface area contributed by atoms with E-state index < -0.39 is 6.09 Å². The van der Waals surface area contributed by atoms with Crippen molar-refractivity contribution in [1.29, 1.82) is 0 Å². The highest BCUT2D eigenvalue weighted by atomic mass is 35.5. The molecule has 2 aromatic heterocycles. The average molecular weight is 446 g/mol. The molecule has 0 spiro atoms. The lowest BCUT2D eigenvalue weighted by molar-refractivity contribution is 0.0627. The highest BCUT2D eigenvalue weighted by molar-refractivity contribution is 6.31. The van der Waals surface area contributed by atoms with Gasteiger partial charge in [0, 0.05) is 11.8 Å². The summed E-state index contributed by atoms with van der Waals surface area (Å²) in [7, 11) is 0. The number of aromatic nitrogens is 4. The minimum atomic E-state index is -0.742. The number of rotatable bonds is 6. The number of primary amides is 1. The van der Waals surface area contributed by atoms with E-state index in [0.717, 1.165) is 25.7 Å². The predicted octanol–water partition coefficient (Wildman–Crippen LogP) is 4.15. The van der Waals surface area contributed by atoms with Crippen molar-refractivity contribution in [2.24, 2.45) is 11.7 Å². The van der Waals surface area contributed by atoms with Gasteiger partial charge in [-0.1, -0.05) is 23.7 Å². The van der Waals surface area contributed by atoms with Crippen LogP contribution in [0.2, 0.25) is 5.15 Å². The summed E-state index contributed by atoms with van der Waals surface area (Å²) in [6.07, 6.45) is 6.84. The predicted molar refractivity (Wildman–Crippen MR) is 111 cm³/mol. The first-order valence-corrected chi connectivity index (χ1v) is 10.3. The number of nitrogens with two attached hydrogens (primary N) is 1. The molecule has 3 aromatic rings. The fourth-order valence-electron chi connectivity index (χ4n) is 3.68. The molecule has 2 heterocycles. The molecule has 4 rings (SSSR count). The Kier molecular flexibility index (Phi) is 6.31. The molecule has 1 amide bonds. The van der Waals surface area contributed by atoms with E-state index in [0.29, 0.717) is 29.3 Å². The fraction of sp³-hybridized carbons (Fsp3) is 0.333. The van der Waals surface area contributed by atoms with Gasteiger partial charge in [0.2, 0.25) is 0 Å². The second-order valence-corrected chi connectivity index (χ2v) is 7.72. The maximum Gasteiger partial charge on any atom is 0.404 e. The zero-order valence-corrected chi connectivity index (χ0v) is 17.3. The van der Waals surface area contributed by atoms with Crippen LogP contribution in [0.4, 0.5) is 9.18 Å². The van der Waals surface area contributed by atoms with E-state index in [1.54, 1.807) is 30.6 Å². The standard InChI is InChI=1S/C21H21ClFN5O3/c22-20-19(30-11-13-5-7-15(8-6-13)31-21(24)29)18(25-12-26-20)14-9-27-28(10-14)17-4-2-1-3-16(17)23/h1-4,9-10,12-13,15H,5-8,11H2,(H2,24,29). The summed E-state index contributed by atoms with van der Waals surface area (Å²) in [5.41, 5.74) is 6.52. The molecule has 31 heavy (non-hydrogen) atoms. The van der Waals surface area contributed by atoms with E-state index in [-0.39, 0.29) is 23.0 Å². The molecule has 0 atom stereocenters. The highest BCUT2D eigenvalue weighted by Gasteiger charge is 2.25. The highest BCUT2D eigenvalue weighted by Crippen LogP contribution is 2.35. The molecule has 0 radical (unpaired) electrons. The smallest absolute Gasteiger partial charge is 0.404 e. The number of hydrogen-bond donors (Lipinski definition) is 1. The van der Waals surface area contributed by atoms with Crippen molar-refractivity contribution in [3.8, 4) is 22.7 Å². The van der Waals surface area contributed by atoms with Crippen molar-refractivity contribution >= 4 is 17.7 Å². The third-order valence-electron chi connectivity index (χ3n) is 5.26. The first-order valence-electron chi connectivity index (χ1n) is 9.90. The van der Waals surface area contributed by atoms with E-state index in [4.69, 9.17) is 26.8 Å². The summed E-state index contributed by atoms with van der Waals surface area (Å²) in [5.74, 6) is 0.246. The molecule has 0 saturated heterocycles. The van der Waals surface area contributed by atoms with E-state index >= 15 is 0 Å². The monoisotopic (exact) mass is 445 g/mol. The van der Waals surface area contributed by atoms with Crippen LogP contribution in [0.25, 0.3) is 16.9 Å². The van der Waals surface area contributed by atoms with Crippen molar-refractivity contribution in [2.75, 3.05) is 6.61 Å². The lowest BCUT2D eigenvalue weighted by atomic mass is 9.88. The first kappa shape index (κ1) is 21.0. The molecular formula is C21H21ClFN5O3. The zero-order chi connectivity index (χ0) is 21.8. The number of amides is 1. The van der Waals surface area contributed by atoms with Gasteiger partial charge < -0.3 is 15.2 Å². The number of ether oxygens (including phenoxy) is 2. The molecule has 10 heteroatoms.